The van der Waals surface area contributed by atoms with E-state index in [2.05, 4.69) is 5.32 Å². The van der Waals surface area contributed by atoms with Gasteiger partial charge in [-0.2, -0.15) is 0 Å². The van der Waals surface area contributed by atoms with Gasteiger partial charge in [0.15, 0.2) is 9.84 Å². The monoisotopic (exact) mass is 241 g/mol. The Kier molecular flexibility index (Phi) is 4.96. The van der Waals surface area contributed by atoms with Crippen molar-refractivity contribution in [2.45, 2.75) is 25.6 Å². The fraction of sp³-hybridized carbons (Fsp3) is 0.500. The lowest BCUT2D eigenvalue weighted by molar-refractivity contribution is 0.577. The molecule has 1 N–H and O–H groups in total. The highest BCUT2D eigenvalue weighted by Gasteiger charge is 2.11. The lowest BCUT2D eigenvalue weighted by Crippen LogP contribution is -2.29. The smallest absolute Gasteiger partial charge is 0.155 e. The summed E-state index contributed by atoms with van der Waals surface area (Å²) in [4.78, 5) is 0. The molecule has 0 heterocycles. The van der Waals surface area contributed by atoms with Crippen LogP contribution in [0.3, 0.4) is 0 Å². The number of hydrogen-bond donors (Lipinski definition) is 1. The van der Waals surface area contributed by atoms with Crippen molar-refractivity contribution in [3.63, 3.8) is 0 Å². The van der Waals surface area contributed by atoms with Gasteiger partial charge in [-0.1, -0.05) is 44.2 Å². The summed E-state index contributed by atoms with van der Waals surface area (Å²) < 4.78 is 23.5. The first-order valence-electron chi connectivity index (χ1n) is 5.47. The largest absolute Gasteiger partial charge is 0.314 e. The van der Waals surface area contributed by atoms with Gasteiger partial charge in [-0.25, -0.2) is 8.42 Å². The minimum Gasteiger partial charge on any atom is -0.314 e. The van der Waals surface area contributed by atoms with Crippen molar-refractivity contribution in [1.29, 1.82) is 0 Å². The fourth-order valence-electron chi connectivity index (χ4n) is 1.40. The van der Waals surface area contributed by atoms with Crippen molar-refractivity contribution in [2.24, 2.45) is 0 Å². The van der Waals surface area contributed by atoms with Gasteiger partial charge in [-0.3, -0.25) is 0 Å². The van der Waals surface area contributed by atoms with Gasteiger partial charge in [0.05, 0.1) is 11.5 Å². The van der Waals surface area contributed by atoms with Crippen molar-refractivity contribution in [3.8, 4) is 0 Å². The summed E-state index contributed by atoms with van der Waals surface area (Å²) in [6.45, 7) is 4.53. The Hall–Kier alpha value is -0.870. The van der Waals surface area contributed by atoms with E-state index in [-0.39, 0.29) is 11.5 Å². The first-order valence-corrected chi connectivity index (χ1v) is 7.29. The maximum absolute atomic E-state index is 11.7. The van der Waals surface area contributed by atoms with Gasteiger partial charge in [-0.15, -0.1) is 0 Å². The zero-order chi connectivity index (χ0) is 12.0. The van der Waals surface area contributed by atoms with E-state index in [1.807, 2.05) is 44.2 Å². The molecule has 1 aromatic rings. The van der Waals surface area contributed by atoms with Gasteiger partial charge < -0.3 is 5.32 Å². The third kappa shape index (κ3) is 5.28. The quantitative estimate of drug-likeness (QED) is 0.823. The van der Waals surface area contributed by atoms with Crippen LogP contribution in [0.5, 0.6) is 0 Å². The van der Waals surface area contributed by atoms with Crippen molar-refractivity contribution in [1.82, 2.24) is 5.32 Å². The third-order valence-corrected chi connectivity index (χ3v) is 3.79. The van der Waals surface area contributed by atoms with E-state index in [1.165, 1.54) is 0 Å². The zero-order valence-corrected chi connectivity index (χ0v) is 10.6. The Morgan fingerprint density at radius 2 is 1.81 bits per heavy atom. The average molecular weight is 241 g/mol. The van der Waals surface area contributed by atoms with Crippen LogP contribution in [-0.2, 0) is 15.6 Å². The van der Waals surface area contributed by atoms with Gasteiger partial charge in [0.1, 0.15) is 0 Å². The minimum atomic E-state index is -2.99. The zero-order valence-electron chi connectivity index (χ0n) is 9.81. The fourth-order valence-corrected chi connectivity index (χ4v) is 2.68. The van der Waals surface area contributed by atoms with Gasteiger partial charge in [0, 0.05) is 12.6 Å². The molecule has 90 valence electrons. The normalized spacial score (nSPS) is 11.9. The van der Waals surface area contributed by atoms with Crippen molar-refractivity contribution < 1.29 is 8.42 Å². The molecule has 0 radical (unpaired) electrons. The Balaban J connectivity index is 2.46. The van der Waals surface area contributed by atoms with E-state index < -0.39 is 9.84 Å². The van der Waals surface area contributed by atoms with E-state index in [9.17, 15) is 8.42 Å². The predicted octanol–water partition coefficient (Wildman–Crippen LogP) is 1.60. The summed E-state index contributed by atoms with van der Waals surface area (Å²) in [5.41, 5.74) is 0.854. The summed E-state index contributed by atoms with van der Waals surface area (Å²) in [7, 11) is -2.99. The number of hydrogen-bond acceptors (Lipinski definition) is 3. The van der Waals surface area contributed by atoms with Gasteiger partial charge >= 0.3 is 0 Å². The predicted molar refractivity (Wildman–Crippen MR) is 67.1 cm³/mol. The first kappa shape index (κ1) is 13.2. The standard InChI is InChI=1S/C12H19NO2S/c1-11(2)13-8-9-16(14,15)10-12-6-4-3-5-7-12/h3-7,11,13H,8-10H2,1-2H3. The molecule has 16 heavy (non-hydrogen) atoms. The molecule has 1 rings (SSSR count). The van der Waals surface area contributed by atoms with Crippen LogP contribution in [0, 0.1) is 0 Å². The molecule has 0 fully saturated rings. The van der Waals surface area contributed by atoms with Crippen LogP contribution in [-0.4, -0.2) is 26.8 Å². The van der Waals surface area contributed by atoms with Gasteiger partial charge in [0.2, 0.25) is 0 Å². The summed E-state index contributed by atoms with van der Waals surface area (Å²) in [6.07, 6.45) is 0. The van der Waals surface area contributed by atoms with Crippen molar-refractivity contribution >= 4 is 9.84 Å². The molecule has 0 aliphatic carbocycles. The molecule has 0 bridgehead atoms. The van der Waals surface area contributed by atoms with Gasteiger partial charge in [0.25, 0.3) is 0 Å². The number of benzene rings is 1. The topological polar surface area (TPSA) is 46.2 Å². The molecule has 1 aromatic carbocycles. The summed E-state index contributed by atoms with van der Waals surface area (Å²) >= 11 is 0. The van der Waals surface area contributed by atoms with Crippen molar-refractivity contribution in [3.05, 3.63) is 35.9 Å². The molecule has 0 spiro atoms. The van der Waals surface area contributed by atoms with E-state index in [1.54, 1.807) is 0 Å². The highest BCUT2D eigenvalue weighted by Crippen LogP contribution is 2.05. The average Bonchev–Trinajstić information content (AvgIpc) is 2.17. The summed E-state index contributed by atoms with van der Waals surface area (Å²) in [6, 6.07) is 9.61. The number of nitrogens with one attached hydrogen (secondary N) is 1. The van der Waals surface area contributed by atoms with Crippen LogP contribution in [0.4, 0.5) is 0 Å². The second-order valence-electron chi connectivity index (χ2n) is 4.19. The second-order valence-corrected chi connectivity index (χ2v) is 6.37. The second kappa shape index (κ2) is 6.01. The maximum Gasteiger partial charge on any atom is 0.155 e. The lowest BCUT2D eigenvalue weighted by Gasteiger charge is -2.08. The molecular weight excluding hydrogens is 222 g/mol. The molecule has 4 heteroatoms. The third-order valence-electron chi connectivity index (χ3n) is 2.20. The number of rotatable bonds is 6. The Morgan fingerprint density at radius 3 is 2.38 bits per heavy atom. The highest BCUT2D eigenvalue weighted by atomic mass is 32.2. The molecule has 0 atom stereocenters. The van der Waals surface area contributed by atoms with Gasteiger partial charge in [-0.05, 0) is 5.56 Å². The maximum atomic E-state index is 11.7. The van der Waals surface area contributed by atoms with E-state index in [4.69, 9.17) is 0 Å². The van der Waals surface area contributed by atoms with E-state index in [0.29, 0.717) is 12.6 Å². The molecule has 3 nitrogen and oxygen atoms in total. The van der Waals surface area contributed by atoms with E-state index >= 15 is 0 Å². The molecule has 0 aliphatic heterocycles. The first-order chi connectivity index (χ1) is 7.49. The molecule has 0 saturated heterocycles. The molecule has 0 aliphatic rings. The lowest BCUT2D eigenvalue weighted by atomic mass is 10.2. The molecule has 0 saturated carbocycles. The van der Waals surface area contributed by atoms with Crippen LogP contribution in [0.15, 0.2) is 30.3 Å². The molecular formula is C12H19NO2S. The summed E-state index contributed by atoms with van der Waals surface area (Å²) in [5.74, 6) is 0.327. The molecule has 0 amide bonds. The van der Waals surface area contributed by atoms with Crippen LogP contribution in [0.1, 0.15) is 19.4 Å². The van der Waals surface area contributed by atoms with Crippen LogP contribution in [0.2, 0.25) is 0 Å². The van der Waals surface area contributed by atoms with Crippen LogP contribution in [0.25, 0.3) is 0 Å². The summed E-state index contributed by atoms with van der Waals surface area (Å²) in [5, 5.41) is 3.11. The van der Waals surface area contributed by atoms with Crippen LogP contribution >= 0.6 is 0 Å². The SMILES string of the molecule is CC(C)NCCS(=O)(=O)Cc1ccccc1. The molecule has 0 unspecified atom stereocenters. The van der Waals surface area contributed by atoms with E-state index in [0.717, 1.165) is 5.56 Å². The van der Waals surface area contributed by atoms with Crippen LogP contribution < -0.4 is 5.32 Å². The molecule has 0 aromatic heterocycles. The Labute approximate surface area is 97.8 Å². The van der Waals surface area contributed by atoms with Crippen molar-refractivity contribution in [2.75, 3.05) is 12.3 Å². The minimum absolute atomic E-state index is 0.133. The highest BCUT2D eigenvalue weighted by molar-refractivity contribution is 7.90. The Morgan fingerprint density at radius 1 is 1.19 bits per heavy atom. The number of sulfone groups is 1. The Bertz CT molecular complexity index is 398.